The van der Waals surface area contributed by atoms with Crippen LogP contribution in [0.15, 0.2) is 30.5 Å². The number of nitrogens with zero attached hydrogens (tertiary/aromatic N) is 1. The monoisotopic (exact) mass is 288 g/mol. The number of ether oxygens (including phenoxy) is 1. The van der Waals surface area contributed by atoms with Crippen molar-refractivity contribution in [3.8, 4) is 0 Å². The van der Waals surface area contributed by atoms with E-state index in [1.54, 1.807) is 0 Å². The van der Waals surface area contributed by atoms with Crippen molar-refractivity contribution in [1.82, 2.24) is 9.88 Å². The number of likely N-dealkylation sites (N-methyl/N-ethyl adjacent to an activating group) is 1. The Morgan fingerprint density at radius 3 is 2.76 bits per heavy atom. The van der Waals surface area contributed by atoms with Gasteiger partial charge in [0.1, 0.15) is 0 Å². The summed E-state index contributed by atoms with van der Waals surface area (Å²) in [6, 6.07) is 8.65. The molecule has 116 valence electrons. The molecule has 0 bridgehead atoms. The molecule has 3 heteroatoms. The molecule has 0 radical (unpaired) electrons. The highest BCUT2D eigenvalue weighted by atomic mass is 16.5. The zero-order valence-corrected chi connectivity index (χ0v) is 13.6. The van der Waals surface area contributed by atoms with Crippen molar-refractivity contribution in [2.75, 3.05) is 26.8 Å². The van der Waals surface area contributed by atoms with Crippen molar-refractivity contribution in [1.29, 1.82) is 0 Å². The van der Waals surface area contributed by atoms with Gasteiger partial charge in [-0.3, -0.25) is 0 Å². The fourth-order valence-electron chi connectivity index (χ4n) is 2.55. The molecule has 21 heavy (non-hydrogen) atoms. The number of benzene rings is 1. The molecule has 0 aliphatic heterocycles. The van der Waals surface area contributed by atoms with Gasteiger partial charge >= 0.3 is 0 Å². The van der Waals surface area contributed by atoms with Crippen LogP contribution in [0.1, 0.15) is 25.8 Å². The third-order valence-corrected chi connectivity index (χ3v) is 3.83. The van der Waals surface area contributed by atoms with Gasteiger partial charge in [-0.25, -0.2) is 0 Å². The number of aromatic nitrogens is 1. The van der Waals surface area contributed by atoms with Crippen LogP contribution in [0, 0.1) is 5.92 Å². The summed E-state index contributed by atoms with van der Waals surface area (Å²) in [7, 11) is 2.00. The molecule has 0 unspecified atom stereocenters. The van der Waals surface area contributed by atoms with Gasteiger partial charge in [-0.1, -0.05) is 32.0 Å². The van der Waals surface area contributed by atoms with E-state index in [1.165, 1.54) is 16.5 Å². The van der Waals surface area contributed by atoms with Gasteiger partial charge in [-0.2, -0.15) is 0 Å². The van der Waals surface area contributed by atoms with Crippen LogP contribution >= 0.6 is 0 Å². The molecule has 0 saturated carbocycles. The molecule has 1 aromatic carbocycles. The van der Waals surface area contributed by atoms with Gasteiger partial charge in [-0.15, -0.1) is 0 Å². The fourth-order valence-corrected chi connectivity index (χ4v) is 2.55. The maximum Gasteiger partial charge on any atom is 0.0645 e. The van der Waals surface area contributed by atoms with Crippen molar-refractivity contribution in [2.45, 2.75) is 33.2 Å². The molecule has 3 nitrogen and oxygen atoms in total. The predicted molar refractivity (Wildman–Crippen MR) is 89.8 cm³/mol. The van der Waals surface area contributed by atoms with Crippen LogP contribution in [0.4, 0.5) is 0 Å². The molecule has 0 atom stereocenters. The molecule has 0 spiro atoms. The van der Waals surface area contributed by atoms with E-state index in [-0.39, 0.29) is 0 Å². The molecular weight excluding hydrogens is 260 g/mol. The van der Waals surface area contributed by atoms with E-state index in [9.17, 15) is 0 Å². The second kappa shape index (κ2) is 8.20. The van der Waals surface area contributed by atoms with Gasteiger partial charge < -0.3 is 14.6 Å². The average molecular weight is 288 g/mol. The summed E-state index contributed by atoms with van der Waals surface area (Å²) in [5.74, 6) is 0.713. The van der Waals surface area contributed by atoms with Crippen LogP contribution in [-0.2, 0) is 17.7 Å². The van der Waals surface area contributed by atoms with Crippen molar-refractivity contribution in [3.63, 3.8) is 0 Å². The number of rotatable bonds is 9. The fraction of sp³-hybridized carbons (Fsp3) is 0.556. The Morgan fingerprint density at radius 2 is 2.00 bits per heavy atom. The third-order valence-electron chi connectivity index (χ3n) is 3.83. The number of para-hydroxylation sites is 1. The average Bonchev–Trinajstić information content (AvgIpc) is 2.83. The summed E-state index contributed by atoms with van der Waals surface area (Å²) in [4.78, 5) is 0. The van der Waals surface area contributed by atoms with E-state index in [4.69, 9.17) is 4.74 Å². The van der Waals surface area contributed by atoms with Gasteiger partial charge in [0, 0.05) is 30.3 Å². The van der Waals surface area contributed by atoms with Crippen molar-refractivity contribution < 1.29 is 4.74 Å². The second-order valence-electron chi connectivity index (χ2n) is 6.01. The predicted octanol–water partition coefficient (Wildman–Crippen LogP) is 3.47. The summed E-state index contributed by atoms with van der Waals surface area (Å²) in [5, 5.41) is 4.60. The standard InChI is InChI=1S/C18H28N2O/c1-15(2)9-12-21-13-11-20-14-16(8-10-19-3)17-6-4-5-7-18(17)20/h4-7,14-15,19H,8-13H2,1-3H3. The molecule has 2 aromatic rings. The minimum atomic E-state index is 0.713. The lowest BCUT2D eigenvalue weighted by molar-refractivity contribution is 0.117. The molecule has 1 aromatic heterocycles. The van der Waals surface area contributed by atoms with Crippen molar-refractivity contribution >= 4 is 10.9 Å². The largest absolute Gasteiger partial charge is 0.380 e. The van der Waals surface area contributed by atoms with Gasteiger partial charge in [0.15, 0.2) is 0 Å². The molecule has 0 aliphatic rings. The first kappa shape index (κ1) is 16.1. The zero-order chi connectivity index (χ0) is 15.1. The first-order valence-electron chi connectivity index (χ1n) is 8.01. The minimum absolute atomic E-state index is 0.713. The normalized spacial score (nSPS) is 11.6. The number of hydrogen-bond acceptors (Lipinski definition) is 2. The number of hydrogen-bond donors (Lipinski definition) is 1. The minimum Gasteiger partial charge on any atom is -0.380 e. The van der Waals surface area contributed by atoms with Crippen LogP contribution in [0.2, 0.25) is 0 Å². The highest BCUT2D eigenvalue weighted by molar-refractivity contribution is 5.84. The van der Waals surface area contributed by atoms with Crippen LogP contribution in [0.25, 0.3) is 10.9 Å². The molecule has 1 heterocycles. The summed E-state index contributed by atoms with van der Waals surface area (Å²) in [5.41, 5.74) is 2.73. The van der Waals surface area contributed by atoms with E-state index < -0.39 is 0 Å². The van der Waals surface area contributed by atoms with E-state index in [0.717, 1.165) is 39.1 Å². The molecule has 0 aliphatic carbocycles. The SMILES string of the molecule is CNCCc1cn(CCOCCC(C)C)c2ccccc12. The highest BCUT2D eigenvalue weighted by Gasteiger charge is 2.07. The van der Waals surface area contributed by atoms with Crippen LogP contribution in [0.5, 0.6) is 0 Å². The molecule has 2 rings (SSSR count). The maximum absolute atomic E-state index is 5.75. The third kappa shape index (κ3) is 4.58. The molecule has 0 amide bonds. The Morgan fingerprint density at radius 1 is 1.19 bits per heavy atom. The topological polar surface area (TPSA) is 26.2 Å². The van der Waals surface area contributed by atoms with E-state index in [1.807, 2.05) is 7.05 Å². The first-order chi connectivity index (χ1) is 10.2. The quantitative estimate of drug-likeness (QED) is 0.715. The summed E-state index contributed by atoms with van der Waals surface area (Å²) in [6.07, 6.45) is 4.49. The summed E-state index contributed by atoms with van der Waals surface area (Å²) < 4.78 is 8.08. The Balaban J connectivity index is 1.98. The lowest BCUT2D eigenvalue weighted by Crippen LogP contribution is -2.10. The van der Waals surface area contributed by atoms with Crippen LogP contribution < -0.4 is 5.32 Å². The highest BCUT2D eigenvalue weighted by Crippen LogP contribution is 2.21. The molecule has 0 fully saturated rings. The Bertz CT molecular complexity index is 545. The van der Waals surface area contributed by atoms with Crippen molar-refractivity contribution in [2.24, 2.45) is 5.92 Å². The van der Waals surface area contributed by atoms with E-state index >= 15 is 0 Å². The lowest BCUT2D eigenvalue weighted by Gasteiger charge is -2.08. The Kier molecular flexibility index (Phi) is 6.27. The summed E-state index contributed by atoms with van der Waals surface area (Å²) in [6.45, 7) is 8.06. The van der Waals surface area contributed by atoms with Gasteiger partial charge in [0.2, 0.25) is 0 Å². The molecule has 0 saturated heterocycles. The van der Waals surface area contributed by atoms with E-state index in [0.29, 0.717) is 5.92 Å². The number of nitrogens with one attached hydrogen (secondary N) is 1. The van der Waals surface area contributed by atoms with E-state index in [2.05, 4.69) is 54.2 Å². The first-order valence-corrected chi connectivity index (χ1v) is 8.01. The van der Waals surface area contributed by atoms with Gasteiger partial charge in [0.05, 0.1) is 6.61 Å². The van der Waals surface area contributed by atoms with Crippen molar-refractivity contribution in [3.05, 3.63) is 36.0 Å². The Labute approximate surface area is 128 Å². The molecule has 1 N–H and O–H groups in total. The molecular formula is C18H28N2O. The maximum atomic E-state index is 5.75. The second-order valence-corrected chi connectivity index (χ2v) is 6.01. The lowest BCUT2D eigenvalue weighted by atomic mass is 10.1. The van der Waals surface area contributed by atoms with Gasteiger partial charge in [-0.05, 0) is 44.0 Å². The number of fused-ring (bicyclic) bond motifs is 1. The summed E-state index contributed by atoms with van der Waals surface area (Å²) >= 11 is 0. The zero-order valence-electron chi connectivity index (χ0n) is 13.6. The Hall–Kier alpha value is -1.32. The van der Waals surface area contributed by atoms with Crippen LogP contribution in [-0.4, -0.2) is 31.4 Å². The van der Waals surface area contributed by atoms with Gasteiger partial charge in [0.25, 0.3) is 0 Å². The van der Waals surface area contributed by atoms with Crippen LogP contribution in [0.3, 0.4) is 0 Å². The smallest absolute Gasteiger partial charge is 0.0645 e.